The Labute approximate surface area is 382 Å². The van der Waals surface area contributed by atoms with Crippen molar-refractivity contribution in [3.05, 3.63) is 232 Å². The zero-order chi connectivity index (χ0) is 44.1. The summed E-state index contributed by atoms with van der Waals surface area (Å²) in [6.45, 7) is 0. The fraction of sp³-hybridized carbons (Fsp3) is 0. The van der Waals surface area contributed by atoms with E-state index in [0.29, 0.717) is 0 Å². The van der Waals surface area contributed by atoms with Gasteiger partial charge in [0, 0.05) is 94.1 Å². The van der Waals surface area contributed by atoms with Gasteiger partial charge in [-0.2, -0.15) is 0 Å². The van der Waals surface area contributed by atoms with Crippen LogP contribution >= 0.6 is 0 Å². The molecule has 0 saturated heterocycles. The Morgan fingerprint density at radius 2 is 0.455 bits per heavy atom. The summed E-state index contributed by atoms with van der Waals surface area (Å²) < 4.78 is 0. The third kappa shape index (κ3) is 8.37. The van der Waals surface area contributed by atoms with Gasteiger partial charge in [0.05, 0.1) is 45.6 Å². The van der Waals surface area contributed by atoms with Crippen LogP contribution in [0.1, 0.15) is 0 Å². The molecule has 0 saturated carbocycles. The first-order valence-electron chi connectivity index (χ1n) is 21.6. The first kappa shape index (κ1) is 39.7. The van der Waals surface area contributed by atoms with Crippen molar-refractivity contribution in [1.82, 2.24) is 39.9 Å². The largest absolute Gasteiger partial charge is 0.256 e. The second-order valence-electron chi connectivity index (χ2n) is 15.7. The van der Waals surface area contributed by atoms with Crippen molar-refractivity contribution in [2.45, 2.75) is 0 Å². The first-order valence-corrected chi connectivity index (χ1v) is 21.6. The third-order valence-electron chi connectivity index (χ3n) is 11.6. The van der Waals surface area contributed by atoms with Crippen molar-refractivity contribution in [2.75, 3.05) is 0 Å². The molecule has 0 radical (unpaired) electrons. The van der Waals surface area contributed by atoms with Crippen molar-refractivity contribution in [2.24, 2.45) is 0 Å². The number of hydrogen-bond donors (Lipinski definition) is 0. The maximum atomic E-state index is 4.88. The minimum Gasteiger partial charge on any atom is -0.256 e. The van der Waals surface area contributed by atoms with Crippen molar-refractivity contribution in [3.63, 3.8) is 0 Å². The summed E-state index contributed by atoms with van der Waals surface area (Å²) in [5, 5.41) is 0. The Hall–Kier alpha value is -9.14. The lowest BCUT2D eigenvalue weighted by atomic mass is 9.92. The van der Waals surface area contributed by atoms with E-state index in [1.807, 2.05) is 122 Å². The van der Waals surface area contributed by atoms with E-state index in [0.717, 1.165) is 112 Å². The molecule has 0 aliphatic carbocycles. The summed E-state index contributed by atoms with van der Waals surface area (Å²) in [6, 6.07) is 61.8. The molecule has 0 fully saturated rings. The summed E-state index contributed by atoms with van der Waals surface area (Å²) >= 11 is 0. The van der Waals surface area contributed by atoms with Gasteiger partial charge in [0.25, 0.3) is 0 Å². The van der Waals surface area contributed by atoms with Crippen molar-refractivity contribution >= 4 is 0 Å². The number of benzene rings is 3. The molecule has 0 amide bonds. The highest BCUT2D eigenvalue weighted by Crippen LogP contribution is 2.36. The molecule has 66 heavy (non-hydrogen) atoms. The quantitative estimate of drug-likeness (QED) is 0.134. The molecule has 8 nitrogen and oxygen atoms in total. The van der Waals surface area contributed by atoms with Gasteiger partial charge in [-0.25, -0.2) is 0 Å². The van der Waals surface area contributed by atoms with E-state index in [2.05, 4.69) is 117 Å². The summed E-state index contributed by atoms with van der Waals surface area (Å²) in [7, 11) is 0. The number of nitrogens with zero attached hydrogens (tertiary/aromatic N) is 8. The molecule has 11 aromatic rings. The van der Waals surface area contributed by atoms with Crippen LogP contribution in [0.4, 0.5) is 0 Å². The van der Waals surface area contributed by atoms with Gasteiger partial charge in [0.1, 0.15) is 0 Å². The van der Waals surface area contributed by atoms with Crippen LogP contribution in [-0.2, 0) is 0 Å². The molecule has 0 spiro atoms. The number of hydrogen-bond acceptors (Lipinski definition) is 8. The lowest BCUT2D eigenvalue weighted by Crippen LogP contribution is -1.91. The molecule has 310 valence electrons. The van der Waals surface area contributed by atoms with E-state index < -0.39 is 0 Å². The van der Waals surface area contributed by atoms with Crippen molar-refractivity contribution in [1.29, 1.82) is 0 Å². The SMILES string of the molecule is c1ccc(-c2ccc(-c3ccc(-c4ccc(-c5cccc(-c6ccccc6-c6cccc(-c7ccc(-c8ccc(-c9ccc(-c%10ccccn%10)cn9)cn8)cn7)c6)c5)nc4)nc3)nc2)nc1. The Morgan fingerprint density at radius 3 is 0.727 bits per heavy atom. The maximum absolute atomic E-state index is 4.88. The zero-order valence-corrected chi connectivity index (χ0v) is 35.5. The highest BCUT2D eigenvalue weighted by molar-refractivity contribution is 5.86. The minimum atomic E-state index is 0.847. The molecule has 0 aliphatic heterocycles. The molecule has 0 unspecified atom stereocenters. The Balaban J connectivity index is 0.778. The molecular formula is C58H38N8. The monoisotopic (exact) mass is 846 g/mol. The number of aromatic nitrogens is 8. The molecular weight excluding hydrogens is 809 g/mol. The molecule has 0 bridgehead atoms. The van der Waals surface area contributed by atoms with Crippen molar-refractivity contribution in [3.8, 4) is 112 Å². The van der Waals surface area contributed by atoms with Crippen LogP contribution in [0.5, 0.6) is 0 Å². The van der Waals surface area contributed by atoms with E-state index in [1.54, 1.807) is 12.4 Å². The average molecular weight is 847 g/mol. The lowest BCUT2D eigenvalue weighted by Gasteiger charge is -2.13. The normalized spacial score (nSPS) is 11.0. The topological polar surface area (TPSA) is 103 Å². The molecule has 0 N–H and O–H groups in total. The molecule has 11 rings (SSSR count). The standard InChI is InChI=1S/C58H38N8/c1-2-14-50(40-10-8-12-42(32-40)54-24-18-46(36-62-54)58-28-22-48(38-66-58)56-26-20-44(34-64-56)52-16-4-6-30-60-52)49(13-1)39-9-7-11-41(31-39)53-23-17-45(35-61-53)57-27-21-47(37-65-57)55-25-19-43(33-63-55)51-15-3-5-29-59-51/h1-38H. The fourth-order valence-corrected chi connectivity index (χ4v) is 8.04. The fourth-order valence-electron chi connectivity index (χ4n) is 8.04. The van der Waals surface area contributed by atoms with Crippen LogP contribution in [0, 0.1) is 0 Å². The van der Waals surface area contributed by atoms with Gasteiger partial charge in [-0.3, -0.25) is 39.9 Å². The second-order valence-corrected chi connectivity index (χ2v) is 15.7. The second kappa shape index (κ2) is 17.9. The number of rotatable bonds is 10. The molecule has 8 aromatic heterocycles. The van der Waals surface area contributed by atoms with E-state index in [1.165, 1.54) is 0 Å². The smallest absolute Gasteiger partial charge is 0.0717 e. The van der Waals surface area contributed by atoms with E-state index in [4.69, 9.17) is 19.9 Å². The van der Waals surface area contributed by atoms with Gasteiger partial charge in [0.15, 0.2) is 0 Å². The van der Waals surface area contributed by atoms with E-state index in [-0.39, 0.29) is 0 Å². The van der Waals surface area contributed by atoms with Crippen LogP contribution in [0.3, 0.4) is 0 Å². The van der Waals surface area contributed by atoms with E-state index in [9.17, 15) is 0 Å². The first-order chi connectivity index (χ1) is 32.7. The van der Waals surface area contributed by atoms with E-state index >= 15 is 0 Å². The van der Waals surface area contributed by atoms with Gasteiger partial charge >= 0.3 is 0 Å². The lowest BCUT2D eigenvalue weighted by molar-refractivity contribution is 1.25. The van der Waals surface area contributed by atoms with Crippen LogP contribution in [0.15, 0.2) is 232 Å². The summed E-state index contributed by atoms with van der Waals surface area (Å²) in [5.41, 5.74) is 19.2. The molecule has 8 heteroatoms. The summed E-state index contributed by atoms with van der Waals surface area (Å²) in [4.78, 5) is 37.5. The van der Waals surface area contributed by atoms with Crippen LogP contribution in [0.2, 0.25) is 0 Å². The molecule has 3 aromatic carbocycles. The van der Waals surface area contributed by atoms with Gasteiger partial charge in [-0.1, -0.05) is 72.8 Å². The molecule has 8 heterocycles. The zero-order valence-electron chi connectivity index (χ0n) is 35.5. The molecule has 0 atom stereocenters. The summed E-state index contributed by atoms with van der Waals surface area (Å²) in [6.07, 6.45) is 14.8. The maximum Gasteiger partial charge on any atom is 0.0717 e. The Bertz CT molecular complexity index is 3170. The highest BCUT2D eigenvalue weighted by Gasteiger charge is 2.13. The highest BCUT2D eigenvalue weighted by atomic mass is 14.8. The van der Waals surface area contributed by atoms with Crippen molar-refractivity contribution < 1.29 is 0 Å². The molecule has 0 aliphatic rings. The number of pyridine rings is 8. The third-order valence-corrected chi connectivity index (χ3v) is 11.6. The van der Waals surface area contributed by atoms with Gasteiger partial charge in [0.2, 0.25) is 0 Å². The van der Waals surface area contributed by atoms with Gasteiger partial charge < -0.3 is 0 Å². The summed E-state index contributed by atoms with van der Waals surface area (Å²) in [5.74, 6) is 0. The van der Waals surface area contributed by atoms with Gasteiger partial charge in [-0.05, 0) is 131 Å². The average Bonchev–Trinajstić information content (AvgIpc) is 3.42. The minimum absolute atomic E-state index is 0.847. The van der Waals surface area contributed by atoms with Crippen LogP contribution < -0.4 is 0 Å². The van der Waals surface area contributed by atoms with Crippen LogP contribution in [0.25, 0.3) is 112 Å². The predicted octanol–water partition coefficient (Wildman–Crippen LogP) is 13.5. The predicted molar refractivity (Wildman–Crippen MR) is 263 cm³/mol. The Morgan fingerprint density at radius 1 is 0.182 bits per heavy atom. The van der Waals surface area contributed by atoms with Crippen LogP contribution in [-0.4, -0.2) is 39.9 Å². The van der Waals surface area contributed by atoms with Gasteiger partial charge in [-0.15, -0.1) is 0 Å². The Kier molecular flexibility index (Phi) is 10.8.